The zero-order valence-corrected chi connectivity index (χ0v) is 11.7. The van der Waals surface area contributed by atoms with Gasteiger partial charge >= 0.3 is 0 Å². The van der Waals surface area contributed by atoms with E-state index in [0.717, 1.165) is 17.4 Å². The fourth-order valence-corrected chi connectivity index (χ4v) is 2.42. The molecule has 0 spiro atoms. The van der Waals surface area contributed by atoms with E-state index in [1.54, 1.807) is 18.2 Å². The van der Waals surface area contributed by atoms with Gasteiger partial charge in [0.1, 0.15) is 12.4 Å². The summed E-state index contributed by atoms with van der Waals surface area (Å²) in [6.07, 6.45) is 3.56. The van der Waals surface area contributed by atoms with Crippen molar-refractivity contribution in [1.29, 1.82) is 0 Å². The van der Waals surface area contributed by atoms with Crippen LogP contribution in [0.2, 0.25) is 0 Å². The molecular formula is C13H17BrN2O2. The number of amides is 1. The lowest BCUT2D eigenvalue weighted by Gasteiger charge is -2.23. The summed E-state index contributed by atoms with van der Waals surface area (Å²) in [7, 11) is 0. The predicted octanol–water partition coefficient (Wildman–Crippen LogP) is 2.07. The Morgan fingerprint density at radius 1 is 1.50 bits per heavy atom. The first kappa shape index (κ1) is 13.4. The zero-order valence-electron chi connectivity index (χ0n) is 10.1. The predicted molar refractivity (Wildman–Crippen MR) is 73.8 cm³/mol. The van der Waals surface area contributed by atoms with Crippen LogP contribution in [0, 0.1) is 0 Å². The Bertz CT molecular complexity index is 431. The summed E-state index contributed by atoms with van der Waals surface area (Å²) >= 11 is 3.36. The van der Waals surface area contributed by atoms with Gasteiger partial charge in [0.2, 0.25) is 0 Å². The van der Waals surface area contributed by atoms with Crippen LogP contribution in [0.5, 0.6) is 5.75 Å². The molecule has 1 atom stereocenters. The Morgan fingerprint density at radius 3 is 3.00 bits per heavy atom. The first-order chi connectivity index (χ1) is 8.66. The molecule has 5 heteroatoms. The standard InChI is InChI=1S/C13H17BrN2O2/c14-9-4-5-11(13(15)17)12(7-9)18-8-10-3-1-2-6-16-10/h4-5,7,10,16H,1-3,6,8H2,(H2,15,17). The summed E-state index contributed by atoms with van der Waals surface area (Å²) < 4.78 is 6.60. The second-order valence-corrected chi connectivity index (χ2v) is 5.38. The van der Waals surface area contributed by atoms with Crippen molar-refractivity contribution in [2.45, 2.75) is 25.3 Å². The number of carbonyl (C=O) groups is 1. The Kier molecular flexibility index (Phi) is 4.60. The third-order valence-corrected chi connectivity index (χ3v) is 3.55. The molecule has 1 aromatic rings. The van der Waals surface area contributed by atoms with Crippen LogP contribution in [0.3, 0.4) is 0 Å². The van der Waals surface area contributed by atoms with Crippen molar-refractivity contribution in [3.8, 4) is 5.75 Å². The molecule has 4 nitrogen and oxygen atoms in total. The molecule has 18 heavy (non-hydrogen) atoms. The van der Waals surface area contributed by atoms with Crippen molar-refractivity contribution in [3.05, 3.63) is 28.2 Å². The largest absolute Gasteiger partial charge is 0.491 e. The first-order valence-electron chi connectivity index (χ1n) is 6.12. The number of piperidine rings is 1. The molecular weight excluding hydrogens is 296 g/mol. The van der Waals surface area contributed by atoms with Crippen LogP contribution in [0.1, 0.15) is 29.6 Å². The van der Waals surface area contributed by atoms with Gasteiger partial charge in [-0.3, -0.25) is 4.79 Å². The van der Waals surface area contributed by atoms with E-state index in [-0.39, 0.29) is 0 Å². The smallest absolute Gasteiger partial charge is 0.252 e. The van der Waals surface area contributed by atoms with Crippen molar-refractivity contribution in [2.75, 3.05) is 13.2 Å². The monoisotopic (exact) mass is 312 g/mol. The normalized spacial score (nSPS) is 19.5. The second-order valence-electron chi connectivity index (χ2n) is 4.46. The highest BCUT2D eigenvalue weighted by Gasteiger charge is 2.15. The molecule has 1 amide bonds. The molecule has 1 aromatic carbocycles. The van der Waals surface area contributed by atoms with E-state index in [1.165, 1.54) is 12.8 Å². The molecule has 1 fully saturated rings. The highest BCUT2D eigenvalue weighted by molar-refractivity contribution is 9.10. The molecule has 1 heterocycles. The van der Waals surface area contributed by atoms with Crippen molar-refractivity contribution < 1.29 is 9.53 Å². The number of nitrogens with two attached hydrogens (primary N) is 1. The number of ether oxygens (including phenoxy) is 1. The molecule has 0 bridgehead atoms. The van der Waals surface area contributed by atoms with Crippen molar-refractivity contribution in [2.24, 2.45) is 5.73 Å². The van der Waals surface area contributed by atoms with Gasteiger partial charge in [-0.1, -0.05) is 22.4 Å². The molecule has 2 rings (SSSR count). The Labute approximate surface area is 115 Å². The minimum absolute atomic E-state index is 0.360. The highest BCUT2D eigenvalue weighted by atomic mass is 79.9. The van der Waals surface area contributed by atoms with Crippen LogP contribution in [-0.4, -0.2) is 25.1 Å². The van der Waals surface area contributed by atoms with Crippen LogP contribution >= 0.6 is 15.9 Å². The fourth-order valence-electron chi connectivity index (χ4n) is 2.08. The number of carbonyl (C=O) groups excluding carboxylic acids is 1. The topological polar surface area (TPSA) is 64.4 Å². The quantitative estimate of drug-likeness (QED) is 0.894. The number of nitrogens with one attached hydrogen (secondary N) is 1. The molecule has 0 aliphatic carbocycles. The Hall–Kier alpha value is -1.07. The van der Waals surface area contributed by atoms with E-state index in [9.17, 15) is 4.79 Å². The molecule has 0 aromatic heterocycles. The van der Waals surface area contributed by atoms with Gasteiger partial charge in [0.05, 0.1) is 5.56 Å². The average Bonchev–Trinajstić information content (AvgIpc) is 2.37. The summed E-state index contributed by atoms with van der Waals surface area (Å²) in [5.41, 5.74) is 5.75. The number of halogens is 1. The van der Waals surface area contributed by atoms with E-state index in [4.69, 9.17) is 10.5 Å². The van der Waals surface area contributed by atoms with Crippen LogP contribution in [0.4, 0.5) is 0 Å². The lowest BCUT2D eigenvalue weighted by Crippen LogP contribution is -2.38. The van der Waals surface area contributed by atoms with Gasteiger partial charge in [-0.2, -0.15) is 0 Å². The maximum absolute atomic E-state index is 11.3. The van der Waals surface area contributed by atoms with Gasteiger partial charge in [0.25, 0.3) is 5.91 Å². The first-order valence-corrected chi connectivity index (χ1v) is 6.91. The summed E-state index contributed by atoms with van der Waals surface area (Å²) in [5, 5.41) is 3.40. The molecule has 1 saturated heterocycles. The summed E-state index contributed by atoms with van der Waals surface area (Å²) in [6.45, 7) is 1.60. The van der Waals surface area contributed by atoms with Crippen LogP contribution in [-0.2, 0) is 0 Å². The van der Waals surface area contributed by atoms with Crippen molar-refractivity contribution in [1.82, 2.24) is 5.32 Å². The van der Waals surface area contributed by atoms with Crippen molar-refractivity contribution in [3.63, 3.8) is 0 Å². The Balaban J connectivity index is 2.03. The van der Waals surface area contributed by atoms with E-state index < -0.39 is 5.91 Å². The van der Waals surface area contributed by atoms with E-state index in [2.05, 4.69) is 21.2 Å². The van der Waals surface area contributed by atoms with Gasteiger partial charge in [-0.25, -0.2) is 0 Å². The fraction of sp³-hybridized carbons (Fsp3) is 0.462. The van der Waals surface area contributed by atoms with Gasteiger partial charge in [-0.05, 0) is 37.6 Å². The average molecular weight is 313 g/mol. The molecule has 98 valence electrons. The van der Waals surface area contributed by atoms with E-state index in [1.807, 2.05) is 0 Å². The summed E-state index contributed by atoms with van der Waals surface area (Å²) in [6, 6.07) is 5.60. The lowest BCUT2D eigenvalue weighted by atomic mass is 10.1. The SMILES string of the molecule is NC(=O)c1ccc(Br)cc1OCC1CCCCN1. The number of hydrogen-bond donors (Lipinski definition) is 2. The van der Waals surface area contributed by atoms with Gasteiger partial charge in [-0.15, -0.1) is 0 Å². The van der Waals surface area contributed by atoms with Gasteiger partial charge < -0.3 is 15.8 Å². The van der Waals surface area contributed by atoms with Crippen molar-refractivity contribution >= 4 is 21.8 Å². The minimum atomic E-state index is -0.464. The Morgan fingerprint density at radius 2 is 2.33 bits per heavy atom. The molecule has 0 saturated carbocycles. The number of benzene rings is 1. The number of primary amides is 1. The maximum Gasteiger partial charge on any atom is 0.252 e. The summed E-state index contributed by atoms with van der Waals surface area (Å²) in [5.74, 6) is 0.0818. The molecule has 1 aliphatic rings. The maximum atomic E-state index is 11.3. The molecule has 1 unspecified atom stereocenters. The molecule has 3 N–H and O–H groups in total. The molecule has 0 radical (unpaired) electrons. The second kappa shape index (κ2) is 6.20. The molecule has 1 aliphatic heterocycles. The summed E-state index contributed by atoms with van der Waals surface area (Å²) in [4.78, 5) is 11.3. The lowest BCUT2D eigenvalue weighted by molar-refractivity contribution is 0.0995. The third kappa shape index (κ3) is 3.46. The van der Waals surface area contributed by atoms with E-state index in [0.29, 0.717) is 24.0 Å². The van der Waals surface area contributed by atoms with Crippen LogP contribution in [0.25, 0.3) is 0 Å². The number of rotatable bonds is 4. The minimum Gasteiger partial charge on any atom is -0.491 e. The highest BCUT2D eigenvalue weighted by Crippen LogP contribution is 2.24. The third-order valence-electron chi connectivity index (χ3n) is 3.06. The zero-order chi connectivity index (χ0) is 13.0. The van der Waals surface area contributed by atoms with Gasteiger partial charge in [0, 0.05) is 10.5 Å². The van der Waals surface area contributed by atoms with Crippen LogP contribution in [0.15, 0.2) is 22.7 Å². The van der Waals surface area contributed by atoms with Crippen LogP contribution < -0.4 is 15.8 Å². The van der Waals surface area contributed by atoms with Gasteiger partial charge in [0.15, 0.2) is 0 Å². The number of hydrogen-bond acceptors (Lipinski definition) is 3. The van der Waals surface area contributed by atoms with E-state index >= 15 is 0 Å².